The maximum atomic E-state index is 12.7. The van der Waals surface area contributed by atoms with Gasteiger partial charge in [-0.15, -0.1) is 12.4 Å². The van der Waals surface area contributed by atoms with Crippen LogP contribution in [0.3, 0.4) is 0 Å². The first-order valence-electron chi connectivity index (χ1n) is 11.9. The van der Waals surface area contributed by atoms with E-state index < -0.39 is 0 Å². The number of carbonyl (C=O) groups excluding carboxylic acids is 2. The van der Waals surface area contributed by atoms with Crippen molar-refractivity contribution in [1.82, 2.24) is 9.80 Å². The summed E-state index contributed by atoms with van der Waals surface area (Å²) in [5.74, 6) is 1.90. The van der Waals surface area contributed by atoms with Crippen LogP contribution in [0.25, 0.3) is 0 Å². The number of halogens is 1. The summed E-state index contributed by atoms with van der Waals surface area (Å²) in [5.41, 5.74) is 3.46. The van der Waals surface area contributed by atoms with Crippen molar-refractivity contribution < 1.29 is 19.8 Å². The van der Waals surface area contributed by atoms with Gasteiger partial charge in [0.05, 0.1) is 0 Å². The van der Waals surface area contributed by atoms with Gasteiger partial charge < -0.3 is 20.0 Å². The van der Waals surface area contributed by atoms with Gasteiger partial charge in [-0.25, -0.2) is 0 Å². The molecule has 0 saturated heterocycles. The van der Waals surface area contributed by atoms with Crippen LogP contribution >= 0.6 is 12.4 Å². The van der Waals surface area contributed by atoms with E-state index in [2.05, 4.69) is 37.5 Å². The van der Waals surface area contributed by atoms with Crippen LogP contribution in [0.4, 0.5) is 0 Å². The van der Waals surface area contributed by atoms with Crippen molar-refractivity contribution in [3.63, 3.8) is 0 Å². The van der Waals surface area contributed by atoms with Crippen LogP contribution in [-0.4, -0.2) is 66.1 Å². The van der Waals surface area contributed by atoms with Gasteiger partial charge in [-0.1, -0.05) is 27.7 Å². The van der Waals surface area contributed by atoms with E-state index in [0.717, 1.165) is 73.0 Å². The van der Waals surface area contributed by atoms with Gasteiger partial charge in [0.15, 0.2) is 11.6 Å². The van der Waals surface area contributed by atoms with Gasteiger partial charge in [0.1, 0.15) is 11.5 Å². The van der Waals surface area contributed by atoms with E-state index in [0.29, 0.717) is 19.3 Å². The molecule has 0 aromatic heterocycles. The van der Waals surface area contributed by atoms with Crippen molar-refractivity contribution in [3.05, 3.63) is 58.7 Å². The summed E-state index contributed by atoms with van der Waals surface area (Å²) in [6.45, 7) is 13.8. The molecule has 0 atom stereocenters. The van der Waals surface area contributed by atoms with Crippen molar-refractivity contribution in [2.45, 2.75) is 47.0 Å². The molecule has 1 aliphatic heterocycles. The largest absolute Gasteiger partial charge is 0.457 e. The topological polar surface area (TPSA) is 81.4 Å². The van der Waals surface area contributed by atoms with Crippen molar-refractivity contribution >= 4 is 24.0 Å². The quantitative estimate of drug-likeness (QED) is 0.340. The summed E-state index contributed by atoms with van der Waals surface area (Å²) < 4.78 is 6.07. The van der Waals surface area contributed by atoms with E-state index in [4.69, 9.17) is 4.74 Å². The smallest absolute Gasteiger partial charge is 0.164 e. The van der Waals surface area contributed by atoms with Crippen LogP contribution < -0.4 is 4.74 Å². The van der Waals surface area contributed by atoms with Crippen LogP contribution in [-0.2, 0) is 6.42 Å². The van der Waals surface area contributed by atoms with E-state index in [9.17, 15) is 9.59 Å². The van der Waals surface area contributed by atoms with Gasteiger partial charge >= 0.3 is 0 Å². The molecule has 0 fully saturated rings. The molecule has 3 rings (SSSR count). The van der Waals surface area contributed by atoms with Crippen LogP contribution in [0.5, 0.6) is 11.5 Å². The second-order valence-corrected chi connectivity index (χ2v) is 8.32. The van der Waals surface area contributed by atoms with E-state index in [1.165, 1.54) is 0 Å². The van der Waals surface area contributed by atoms with E-state index in [1.54, 1.807) is 0 Å². The molecule has 1 aliphatic rings. The summed E-state index contributed by atoms with van der Waals surface area (Å²) in [6.07, 6.45) is 1.70. The second kappa shape index (κ2) is 14.2. The van der Waals surface area contributed by atoms with Crippen LogP contribution in [0.1, 0.15) is 72.4 Å². The molecular weight excluding hydrogens is 452 g/mol. The van der Waals surface area contributed by atoms with Gasteiger partial charge in [0.25, 0.3) is 0 Å². The molecule has 1 heterocycles. The third-order valence-electron chi connectivity index (χ3n) is 6.46. The molecule has 0 unspecified atom stereocenters. The number of Topliss-reactive ketones (excluding diaryl/α,β-unsaturated/α-hetero) is 2. The Morgan fingerprint density at radius 1 is 0.735 bits per heavy atom. The Bertz CT molecular complexity index is 880. The number of nitrogens with zero attached hydrogens (tertiary/aromatic N) is 2. The van der Waals surface area contributed by atoms with E-state index in [-0.39, 0.29) is 29.4 Å². The molecule has 188 valence electrons. The van der Waals surface area contributed by atoms with Crippen molar-refractivity contribution in [2.24, 2.45) is 0 Å². The third kappa shape index (κ3) is 7.37. The maximum absolute atomic E-state index is 12.7. The molecule has 0 spiro atoms. The number of hydrogen-bond acceptors (Lipinski definition) is 5. The number of ketones is 2. The Balaban J connectivity index is 0.00000289. The molecular formula is C27H39ClN2O4. The lowest BCUT2D eigenvalue weighted by atomic mass is 9.94. The lowest BCUT2D eigenvalue weighted by Gasteiger charge is -2.22. The van der Waals surface area contributed by atoms with Crippen molar-refractivity contribution in [1.29, 1.82) is 0 Å². The Morgan fingerprint density at radius 3 is 1.47 bits per heavy atom. The first-order chi connectivity index (χ1) is 15.5. The minimum Gasteiger partial charge on any atom is -0.457 e. The minimum atomic E-state index is 0. The molecule has 0 aliphatic carbocycles. The standard InChI is InChI=1S/C27H36N2O3.ClH.H2O/c1-5-28(6-2)15-13-24(30)20-9-11-26-22(17-20)19-23-18-21(10-12-27(23)32-26)25(31)14-16-29(7-3)8-4;;/h9-12,17-18H,5-8,13-16,19H2,1-4H3;1H;1H2. The summed E-state index contributed by atoms with van der Waals surface area (Å²) in [5, 5.41) is 0. The number of fused-ring (bicyclic) bond motifs is 2. The SMILES string of the molecule is CCN(CC)CCC(=O)c1ccc2c(c1)Cc1cc(C(=O)CCN(CC)CC)ccc1O2.Cl.O. The molecule has 2 N–H and O–H groups in total. The fourth-order valence-electron chi connectivity index (χ4n) is 4.19. The molecule has 0 bridgehead atoms. The molecule has 0 amide bonds. The van der Waals surface area contributed by atoms with Gasteiger partial charge in [0, 0.05) is 54.6 Å². The van der Waals surface area contributed by atoms with Gasteiger partial charge in [-0.3, -0.25) is 9.59 Å². The summed E-state index contributed by atoms with van der Waals surface area (Å²) >= 11 is 0. The molecule has 2 aromatic carbocycles. The fraction of sp³-hybridized carbons (Fsp3) is 0.481. The van der Waals surface area contributed by atoms with E-state index in [1.807, 2.05) is 36.4 Å². The predicted molar refractivity (Wildman–Crippen MR) is 140 cm³/mol. The second-order valence-electron chi connectivity index (χ2n) is 8.32. The number of ether oxygens (including phenoxy) is 1. The highest BCUT2D eigenvalue weighted by atomic mass is 35.5. The minimum absolute atomic E-state index is 0. The fourth-order valence-corrected chi connectivity index (χ4v) is 4.19. The predicted octanol–water partition coefficient (Wildman–Crippen LogP) is 4.81. The molecule has 6 nitrogen and oxygen atoms in total. The average molecular weight is 491 g/mol. The van der Waals surface area contributed by atoms with Crippen LogP contribution in [0, 0.1) is 0 Å². The van der Waals surface area contributed by atoms with Gasteiger partial charge in [0.2, 0.25) is 0 Å². The first-order valence-corrected chi connectivity index (χ1v) is 11.9. The maximum Gasteiger partial charge on any atom is 0.164 e. The zero-order valence-corrected chi connectivity index (χ0v) is 21.7. The molecule has 7 heteroatoms. The molecule has 0 saturated carbocycles. The Hall–Kier alpha value is -2.25. The van der Waals surface area contributed by atoms with Gasteiger partial charge in [-0.2, -0.15) is 0 Å². The van der Waals surface area contributed by atoms with Crippen molar-refractivity contribution in [2.75, 3.05) is 39.3 Å². The average Bonchev–Trinajstić information content (AvgIpc) is 2.82. The van der Waals surface area contributed by atoms with Crippen LogP contribution in [0.15, 0.2) is 36.4 Å². The lowest BCUT2D eigenvalue weighted by Crippen LogP contribution is -2.25. The van der Waals surface area contributed by atoms with Crippen LogP contribution in [0.2, 0.25) is 0 Å². The Kier molecular flexibility index (Phi) is 12.5. The molecule has 34 heavy (non-hydrogen) atoms. The normalized spacial score (nSPS) is 11.7. The zero-order valence-electron chi connectivity index (χ0n) is 20.9. The monoisotopic (exact) mass is 490 g/mol. The van der Waals surface area contributed by atoms with Gasteiger partial charge in [-0.05, 0) is 62.6 Å². The summed E-state index contributed by atoms with van der Waals surface area (Å²) in [7, 11) is 0. The number of carbonyl (C=O) groups is 2. The Labute approximate surface area is 210 Å². The molecule has 0 radical (unpaired) electrons. The first kappa shape index (κ1) is 29.8. The number of rotatable bonds is 12. The number of hydrogen-bond donors (Lipinski definition) is 0. The highest BCUT2D eigenvalue weighted by molar-refractivity contribution is 5.97. The zero-order chi connectivity index (χ0) is 23.1. The Morgan fingerprint density at radius 2 is 1.12 bits per heavy atom. The van der Waals surface area contributed by atoms with E-state index >= 15 is 0 Å². The van der Waals surface area contributed by atoms with Crippen molar-refractivity contribution in [3.8, 4) is 11.5 Å². The lowest BCUT2D eigenvalue weighted by molar-refractivity contribution is 0.0958. The highest BCUT2D eigenvalue weighted by Gasteiger charge is 2.20. The molecule has 2 aromatic rings. The third-order valence-corrected chi connectivity index (χ3v) is 6.46. The number of benzene rings is 2. The summed E-state index contributed by atoms with van der Waals surface area (Å²) in [4.78, 5) is 29.9. The highest BCUT2D eigenvalue weighted by Crippen LogP contribution is 2.37. The summed E-state index contributed by atoms with van der Waals surface area (Å²) in [6, 6.07) is 11.4.